The molecule has 1 atom stereocenters. The van der Waals surface area contributed by atoms with Gasteiger partial charge in [0.1, 0.15) is 6.10 Å². The zero-order chi connectivity index (χ0) is 14.4. The molecule has 20 heavy (non-hydrogen) atoms. The largest absolute Gasteiger partial charge is 0.398 e. The molecule has 0 spiro atoms. The van der Waals surface area contributed by atoms with Gasteiger partial charge in [-0.1, -0.05) is 25.1 Å². The molecular weight excluding hydrogens is 252 g/mol. The molecule has 2 rings (SSSR count). The van der Waals surface area contributed by atoms with Crippen LogP contribution in [0.3, 0.4) is 0 Å². The van der Waals surface area contributed by atoms with Gasteiger partial charge in [-0.2, -0.15) is 0 Å². The van der Waals surface area contributed by atoms with Crippen molar-refractivity contribution in [1.29, 1.82) is 0 Å². The molecule has 1 unspecified atom stereocenters. The number of rotatable bonds is 5. The van der Waals surface area contributed by atoms with Crippen molar-refractivity contribution in [2.45, 2.75) is 45.3 Å². The van der Waals surface area contributed by atoms with Gasteiger partial charge in [0.2, 0.25) is 0 Å². The predicted octanol–water partition coefficient (Wildman–Crippen LogP) is 2.58. The van der Waals surface area contributed by atoms with Gasteiger partial charge >= 0.3 is 0 Å². The van der Waals surface area contributed by atoms with Gasteiger partial charge in [-0.25, -0.2) is 0 Å². The lowest BCUT2D eigenvalue weighted by Crippen LogP contribution is -2.42. The Labute approximate surface area is 120 Å². The van der Waals surface area contributed by atoms with Gasteiger partial charge in [-0.3, -0.25) is 4.79 Å². The summed E-state index contributed by atoms with van der Waals surface area (Å²) in [6.45, 7) is 4.09. The van der Waals surface area contributed by atoms with Crippen LogP contribution in [0.25, 0.3) is 0 Å². The predicted molar refractivity (Wildman–Crippen MR) is 80.2 cm³/mol. The lowest BCUT2D eigenvalue weighted by molar-refractivity contribution is -0.147. The molecule has 1 heterocycles. The number of hydrogen-bond donors (Lipinski definition) is 1. The first-order chi connectivity index (χ1) is 9.72. The van der Waals surface area contributed by atoms with E-state index in [2.05, 4.69) is 6.92 Å². The van der Waals surface area contributed by atoms with E-state index >= 15 is 0 Å². The number of carbonyl (C=O) groups excluding carboxylic acids is 1. The lowest BCUT2D eigenvalue weighted by Gasteiger charge is -2.29. The van der Waals surface area contributed by atoms with Crippen LogP contribution in [0.4, 0.5) is 5.69 Å². The van der Waals surface area contributed by atoms with Crippen molar-refractivity contribution in [1.82, 2.24) is 4.90 Å². The maximum Gasteiger partial charge on any atom is 0.251 e. The molecular formula is C16H24N2O2. The highest BCUT2D eigenvalue weighted by molar-refractivity contribution is 5.81. The molecule has 2 N–H and O–H groups in total. The number of nitrogens with two attached hydrogens (primary N) is 1. The third-order valence-corrected chi connectivity index (χ3v) is 3.68. The molecule has 1 aromatic rings. The van der Waals surface area contributed by atoms with Crippen LogP contribution in [0.1, 0.15) is 38.2 Å². The maximum absolute atomic E-state index is 12.6. The van der Waals surface area contributed by atoms with E-state index in [1.54, 1.807) is 0 Å². The Morgan fingerprint density at radius 1 is 1.40 bits per heavy atom. The van der Waals surface area contributed by atoms with Crippen molar-refractivity contribution >= 4 is 11.6 Å². The summed E-state index contributed by atoms with van der Waals surface area (Å²) in [5, 5.41) is 0. The van der Waals surface area contributed by atoms with Gasteiger partial charge in [-0.15, -0.1) is 0 Å². The molecule has 110 valence electrons. The summed E-state index contributed by atoms with van der Waals surface area (Å²) in [4.78, 5) is 14.4. The zero-order valence-electron chi connectivity index (χ0n) is 12.2. The second-order valence-corrected chi connectivity index (χ2v) is 5.31. The SMILES string of the molecule is CCCN(Cc1ccccc1N)C(=O)C1CCCCO1. The highest BCUT2D eigenvalue weighted by Crippen LogP contribution is 2.19. The Hall–Kier alpha value is -1.55. The minimum atomic E-state index is -0.264. The Morgan fingerprint density at radius 2 is 2.20 bits per heavy atom. The van der Waals surface area contributed by atoms with E-state index in [4.69, 9.17) is 10.5 Å². The molecule has 0 aliphatic carbocycles. The van der Waals surface area contributed by atoms with E-state index in [0.29, 0.717) is 13.2 Å². The minimum absolute atomic E-state index is 0.106. The topological polar surface area (TPSA) is 55.6 Å². The van der Waals surface area contributed by atoms with Crippen LogP contribution < -0.4 is 5.73 Å². The van der Waals surface area contributed by atoms with Gasteiger partial charge in [0.05, 0.1) is 0 Å². The van der Waals surface area contributed by atoms with Crippen molar-refractivity contribution in [2.75, 3.05) is 18.9 Å². The molecule has 1 aromatic carbocycles. The number of amides is 1. The van der Waals surface area contributed by atoms with E-state index < -0.39 is 0 Å². The van der Waals surface area contributed by atoms with Crippen LogP contribution in [0.5, 0.6) is 0 Å². The number of hydrogen-bond acceptors (Lipinski definition) is 3. The van der Waals surface area contributed by atoms with Crippen LogP contribution in [-0.4, -0.2) is 30.1 Å². The van der Waals surface area contributed by atoms with Gasteiger partial charge < -0.3 is 15.4 Å². The maximum atomic E-state index is 12.6. The fourth-order valence-corrected chi connectivity index (χ4v) is 2.56. The molecule has 4 nitrogen and oxygen atoms in total. The van der Waals surface area contributed by atoms with Crippen LogP contribution in [0, 0.1) is 0 Å². The van der Waals surface area contributed by atoms with Gasteiger partial charge in [0, 0.05) is 25.4 Å². The highest BCUT2D eigenvalue weighted by atomic mass is 16.5. The van der Waals surface area contributed by atoms with Crippen molar-refractivity contribution in [3.63, 3.8) is 0 Å². The molecule has 1 saturated heterocycles. The first kappa shape index (κ1) is 14.9. The summed E-state index contributed by atoms with van der Waals surface area (Å²) in [5.41, 5.74) is 7.72. The first-order valence-electron chi connectivity index (χ1n) is 7.46. The quantitative estimate of drug-likeness (QED) is 0.841. The van der Waals surface area contributed by atoms with Gasteiger partial charge in [0.25, 0.3) is 5.91 Å². The summed E-state index contributed by atoms with van der Waals surface area (Å²) < 4.78 is 5.61. The molecule has 1 amide bonds. The summed E-state index contributed by atoms with van der Waals surface area (Å²) in [7, 11) is 0. The van der Waals surface area contributed by atoms with Crippen molar-refractivity contribution in [2.24, 2.45) is 0 Å². The normalized spacial score (nSPS) is 18.8. The molecule has 1 aliphatic heterocycles. The van der Waals surface area contributed by atoms with Crippen LogP contribution in [0.15, 0.2) is 24.3 Å². The Balaban J connectivity index is 2.06. The standard InChI is InChI=1S/C16H24N2O2/c1-2-10-18(12-13-7-3-4-8-14(13)17)16(19)15-9-5-6-11-20-15/h3-4,7-8,15H,2,5-6,9-12,17H2,1H3. The number of para-hydroxylation sites is 1. The van der Waals surface area contributed by atoms with Gasteiger partial charge in [-0.05, 0) is 37.3 Å². The molecule has 0 bridgehead atoms. The number of anilines is 1. The number of benzene rings is 1. The van der Waals surface area contributed by atoms with E-state index in [1.807, 2.05) is 29.2 Å². The Bertz CT molecular complexity index is 442. The number of carbonyl (C=O) groups is 1. The minimum Gasteiger partial charge on any atom is -0.398 e. The summed E-state index contributed by atoms with van der Waals surface area (Å²) >= 11 is 0. The fourth-order valence-electron chi connectivity index (χ4n) is 2.56. The molecule has 1 aliphatic rings. The third-order valence-electron chi connectivity index (χ3n) is 3.68. The van der Waals surface area contributed by atoms with Crippen LogP contribution in [-0.2, 0) is 16.1 Å². The smallest absolute Gasteiger partial charge is 0.251 e. The summed E-state index contributed by atoms with van der Waals surface area (Å²) in [6, 6.07) is 7.72. The highest BCUT2D eigenvalue weighted by Gasteiger charge is 2.26. The lowest BCUT2D eigenvalue weighted by atomic mass is 10.1. The molecule has 0 radical (unpaired) electrons. The van der Waals surface area contributed by atoms with E-state index in [9.17, 15) is 4.79 Å². The number of ether oxygens (including phenoxy) is 1. The molecule has 0 aromatic heterocycles. The summed E-state index contributed by atoms with van der Waals surface area (Å²) in [5.74, 6) is 0.106. The van der Waals surface area contributed by atoms with E-state index in [0.717, 1.165) is 43.5 Å². The fraction of sp³-hybridized carbons (Fsp3) is 0.562. The van der Waals surface area contributed by atoms with Crippen LogP contribution in [0.2, 0.25) is 0 Å². The van der Waals surface area contributed by atoms with Crippen molar-refractivity contribution in [3.8, 4) is 0 Å². The molecule has 4 heteroatoms. The Kier molecular flexibility index (Phi) is 5.41. The number of nitrogen functional groups attached to an aromatic ring is 1. The summed E-state index contributed by atoms with van der Waals surface area (Å²) in [6.07, 6.45) is 3.64. The van der Waals surface area contributed by atoms with Gasteiger partial charge in [0.15, 0.2) is 0 Å². The second-order valence-electron chi connectivity index (χ2n) is 5.31. The average molecular weight is 276 g/mol. The average Bonchev–Trinajstić information content (AvgIpc) is 2.49. The van der Waals surface area contributed by atoms with E-state index in [1.165, 1.54) is 0 Å². The first-order valence-corrected chi connectivity index (χ1v) is 7.46. The van der Waals surface area contributed by atoms with Crippen LogP contribution >= 0.6 is 0 Å². The molecule has 1 fully saturated rings. The monoisotopic (exact) mass is 276 g/mol. The third kappa shape index (κ3) is 3.73. The Morgan fingerprint density at radius 3 is 2.85 bits per heavy atom. The van der Waals surface area contributed by atoms with Crippen molar-refractivity contribution < 1.29 is 9.53 Å². The molecule has 0 saturated carbocycles. The zero-order valence-corrected chi connectivity index (χ0v) is 12.2. The second kappa shape index (κ2) is 7.29. The van der Waals surface area contributed by atoms with Crippen molar-refractivity contribution in [3.05, 3.63) is 29.8 Å². The van der Waals surface area contributed by atoms with E-state index in [-0.39, 0.29) is 12.0 Å². The number of nitrogens with zero attached hydrogens (tertiary/aromatic N) is 1.